The van der Waals surface area contributed by atoms with E-state index in [1.54, 1.807) is 36.1 Å². The summed E-state index contributed by atoms with van der Waals surface area (Å²) in [6.07, 6.45) is 0. The van der Waals surface area contributed by atoms with Crippen molar-refractivity contribution < 1.29 is 14.3 Å². The summed E-state index contributed by atoms with van der Waals surface area (Å²) < 4.78 is 13.4. The highest BCUT2D eigenvalue weighted by Crippen LogP contribution is 2.25. The molecular weight excluding hydrogens is 376 g/mol. The van der Waals surface area contributed by atoms with E-state index in [9.17, 15) is 4.79 Å². The summed E-state index contributed by atoms with van der Waals surface area (Å²) in [5.74, 6) is 1.34. The second-order valence-electron chi connectivity index (χ2n) is 4.82. The molecule has 2 aromatic carbocycles. The number of carbonyl (C=O) groups excluding carboxylic acids is 1. The van der Waals surface area contributed by atoms with E-state index >= 15 is 0 Å². The van der Waals surface area contributed by atoms with E-state index in [0.717, 1.165) is 23.2 Å². The highest BCUT2D eigenvalue weighted by atomic mass is 32.2. The first-order valence-corrected chi connectivity index (χ1v) is 9.33. The minimum absolute atomic E-state index is 0.0470. The lowest BCUT2D eigenvalue weighted by Gasteiger charge is -2.05. The maximum absolute atomic E-state index is 12.1. The van der Waals surface area contributed by atoms with Gasteiger partial charge in [-0.25, -0.2) is 4.68 Å². The number of ether oxygens (including phenoxy) is 2. The summed E-state index contributed by atoms with van der Waals surface area (Å²) in [4.78, 5) is 12.1. The lowest BCUT2D eigenvalue weighted by Crippen LogP contribution is -2.07. The zero-order valence-electron chi connectivity index (χ0n) is 13.2. The van der Waals surface area contributed by atoms with Crippen molar-refractivity contribution in [2.45, 2.75) is 4.34 Å². The molecule has 0 aliphatic heterocycles. The molecule has 1 heterocycles. The average molecular weight is 391 g/mol. The van der Waals surface area contributed by atoms with Crippen molar-refractivity contribution in [3.63, 3.8) is 0 Å². The summed E-state index contributed by atoms with van der Waals surface area (Å²) in [6, 6.07) is 16.6. The Hall–Kier alpha value is -2.16. The van der Waals surface area contributed by atoms with E-state index in [4.69, 9.17) is 21.7 Å². The van der Waals surface area contributed by atoms with Crippen LogP contribution in [0.4, 0.5) is 0 Å². The van der Waals surface area contributed by atoms with E-state index in [0.29, 0.717) is 14.0 Å². The van der Waals surface area contributed by atoms with E-state index < -0.39 is 0 Å². The van der Waals surface area contributed by atoms with Crippen molar-refractivity contribution in [3.8, 4) is 17.2 Å². The summed E-state index contributed by atoms with van der Waals surface area (Å²) in [6.45, 7) is -0.0470. The van der Waals surface area contributed by atoms with Gasteiger partial charge >= 0.3 is 0 Å². The fraction of sp³-hybridized carbons (Fsp3) is 0.118. The number of thioether (sulfide) groups is 1. The zero-order chi connectivity index (χ0) is 17.6. The lowest BCUT2D eigenvalue weighted by atomic mass is 10.3. The van der Waals surface area contributed by atoms with Gasteiger partial charge in [-0.05, 0) is 60.4 Å². The molecule has 0 fully saturated rings. The normalized spacial score (nSPS) is 10.4. The second-order valence-corrected chi connectivity index (χ2v) is 7.75. The standard InChI is InChI=1S/C17H14N2O3S3/c1-21-13-7-9-14(10-8-13)22-11-15(20)24-16-18-19(17(23)25-16)12-5-3-2-4-6-12/h2-10H,11H2,1H3. The molecule has 0 radical (unpaired) electrons. The number of methoxy groups -OCH3 is 1. The first-order valence-electron chi connectivity index (χ1n) is 7.29. The number of nitrogens with zero attached hydrogens (tertiary/aromatic N) is 2. The molecule has 1 aromatic heterocycles. The van der Waals surface area contributed by atoms with Crippen LogP contribution in [0.5, 0.6) is 11.5 Å². The maximum Gasteiger partial charge on any atom is 0.233 e. The third kappa shape index (κ3) is 4.68. The van der Waals surface area contributed by atoms with Crippen LogP contribution < -0.4 is 9.47 Å². The molecule has 0 aliphatic carbocycles. The van der Waals surface area contributed by atoms with Crippen molar-refractivity contribution in [2.24, 2.45) is 0 Å². The highest BCUT2D eigenvalue weighted by Gasteiger charge is 2.12. The van der Waals surface area contributed by atoms with Crippen LogP contribution in [-0.2, 0) is 4.79 Å². The number of rotatable bonds is 6. The monoisotopic (exact) mass is 390 g/mol. The van der Waals surface area contributed by atoms with Gasteiger partial charge in [0.25, 0.3) is 0 Å². The molecule has 0 spiro atoms. The van der Waals surface area contributed by atoms with Gasteiger partial charge in [-0.3, -0.25) is 4.79 Å². The SMILES string of the molecule is COc1ccc(OCC(=O)Sc2nn(-c3ccccc3)c(=S)s2)cc1. The van der Waals surface area contributed by atoms with Gasteiger partial charge in [0.1, 0.15) is 11.5 Å². The number of para-hydroxylation sites is 1. The van der Waals surface area contributed by atoms with Gasteiger partial charge in [0.2, 0.25) is 5.12 Å². The fourth-order valence-corrected chi connectivity index (χ4v) is 4.14. The molecule has 0 aliphatic rings. The molecular formula is C17H14N2O3S3. The Morgan fingerprint density at radius 1 is 1.16 bits per heavy atom. The van der Waals surface area contributed by atoms with Gasteiger partial charge < -0.3 is 9.47 Å². The van der Waals surface area contributed by atoms with Crippen LogP contribution in [-0.4, -0.2) is 28.6 Å². The van der Waals surface area contributed by atoms with Crippen LogP contribution in [0.3, 0.4) is 0 Å². The summed E-state index contributed by atoms with van der Waals surface area (Å²) in [5.41, 5.74) is 0.873. The quantitative estimate of drug-likeness (QED) is 0.460. The van der Waals surface area contributed by atoms with Crippen molar-refractivity contribution in [1.29, 1.82) is 0 Å². The molecule has 0 saturated carbocycles. The third-order valence-corrected chi connectivity index (χ3v) is 5.28. The Morgan fingerprint density at radius 3 is 2.52 bits per heavy atom. The Balaban J connectivity index is 1.60. The Kier molecular flexibility index (Phi) is 5.85. The van der Waals surface area contributed by atoms with Gasteiger partial charge in [0.05, 0.1) is 12.8 Å². The fourth-order valence-electron chi connectivity index (χ4n) is 1.98. The first-order chi connectivity index (χ1) is 12.2. The smallest absolute Gasteiger partial charge is 0.233 e. The molecule has 3 rings (SSSR count). The van der Waals surface area contributed by atoms with Gasteiger partial charge in [-0.2, -0.15) is 0 Å². The minimum Gasteiger partial charge on any atom is -0.497 e. The summed E-state index contributed by atoms with van der Waals surface area (Å²) in [5, 5.41) is 4.26. The van der Waals surface area contributed by atoms with Crippen LogP contribution in [0.1, 0.15) is 0 Å². The van der Waals surface area contributed by atoms with Crippen molar-refractivity contribution >= 4 is 40.4 Å². The zero-order valence-corrected chi connectivity index (χ0v) is 15.7. The molecule has 5 nitrogen and oxygen atoms in total. The predicted octanol–water partition coefficient (Wildman–Crippen LogP) is 4.37. The largest absolute Gasteiger partial charge is 0.497 e. The van der Waals surface area contributed by atoms with E-state index in [-0.39, 0.29) is 11.7 Å². The van der Waals surface area contributed by atoms with E-state index in [1.807, 2.05) is 30.3 Å². The molecule has 8 heteroatoms. The van der Waals surface area contributed by atoms with Crippen LogP contribution in [0.25, 0.3) is 5.69 Å². The number of carbonyl (C=O) groups is 1. The third-order valence-electron chi connectivity index (χ3n) is 3.15. The molecule has 3 aromatic rings. The Morgan fingerprint density at radius 2 is 1.84 bits per heavy atom. The van der Waals surface area contributed by atoms with Crippen LogP contribution >= 0.6 is 35.3 Å². The van der Waals surface area contributed by atoms with Crippen LogP contribution in [0.15, 0.2) is 58.9 Å². The topological polar surface area (TPSA) is 53.4 Å². The van der Waals surface area contributed by atoms with Crippen molar-refractivity contribution in [1.82, 2.24) is 9.78 Å². The molecule has 0 unspecified atom stereocenters. The number of aromatic nitrogens is 2. The average Bonchev–Trinajstić information content (AvgIpc) is 3.01. The predicted molar refractivity (Wildman–Crippen MR) is 102 cm³/mol. The summed E-state index contributed by atoms with van der Waals surface area (Å²) >= 11 is 7.66. The molecule has 0 atom stereocenters. The first kappa shape index (κ1) is 17.7. The molecule has 0 bridgehead atoms. The maximum atomic E-state index is 12.1. The van der Waals surface area contributed by atoms with Crippen LogP contribution in [0.2, 0.25) is 0 Å². The van der Waals surface area contributed by atoms with Crippen LogP contribution in [0, 0.1) is 3.95 Å². The minimum atomic E-state index is -0.139. The second kappa shape index (κ2) is 8.28. The highest BCUT2D eigenvalue weighted by molar-refractivity contribution is 8.15. The van der Waals surface area contributed by atoms with Crippen molar-refractivity contribution in [3.05, 3.63) is 58.6 Å². The van der Waals surface area contributed by atoms with Gasteiger partial charge in [0, 0.05) is 0 Å². The van der Waals surface area contributed by atoms with E-state index in [2.05, 4.69) is 5.10 Å². The number of hydrogen-bond donors (Lipinski definition) is 0. The van der Waals surface area contributed by atoms with Gasteiger partial charge in [-0.1, -0.05) is 29.5 Å². The number of hydrogen-bond acceptors (Lipinski definition) is 7. The van der Waals surface area contributed by atoms with Crippen molar-refractivity contribution in [2.75, 3.05) is 13.7 Å². The molecule has 128 valence electrons. The Labute approximate surface area is 158 Å². The Bertz CT molecular complexity index is 905. The molecule has 0 saturated heterocycles. The number of benzene rings is 2. The molecule has 0 N–H and O–H groups in total. The van der Waals surface area contributed by atoms with Gasteiger partial charge in [-0.15, -0.1) is 5.10 Å². The molecule has 25 heavy (non-hydrogen) atoms. The van der Waals surface area contributed by atoms with Gasteiger partial charge in [0.15, 0.2) is 14.9 Å². The molecule has 0 amide bonds. The van der Waals surface area contributed by atoms with E-state index in [1.165, 1.54) is 11.3 Å². The summed E-state index contributed by atoms with van der Waals surface area (Å²) in [7, 11) is 1.60. The lowest BCUT2D eigenvalue weighted by molar-refractivity contribution is -0.112.